The van der Waals surface area contributed by atoms with Gasteiger partial charge >= 0.3 is 0 Å². The largest absolute Gasteiger partial charge is 0.507 e. The van der Waals surface area contributed by atoms with Crippen molar-refractivity contribution in [3.8, 4) is 22.8 Å². The summed E-state index contributed by atoms with van der Waals surface area (Å²) in [5, 5.41) is 10.5. The molecule has 1 aromatic carbocycles. The van der Waals surface area contributed by atoms with Crippen molar-refractivity contribution in [2.75, 3.05) is 58.3 Å². The number of hydrogen-bond donors (Lipinski definition) is 1. The van der Waals surface area contributed by atoms with E-state index in [2.05, 4.69) is 11.5 Å². The van der Waals surface area contributed by atoms with Crippen LogP contribution in [0.1, 0.15) is 23.2 Å². The highest BCUT2D eigenvalue weighted by Gasteiger charge is 2.41. The van der Waals surface area contributed by atoms with Gasteiger partial charge in [-0.05, 0) is 45.1 Å². The van der Waals surface area contributed by atoms with E-state index in [1.807, 2.05) is 19.0 Å². The number of anilines is 1. The van der Waals surface area contributed by atoms with Gasteiger partial charge in [-0.15, -0.1) is 0 Å². The number of ether oxygens (including phenoxy) is 1. The van der Waals surface area contributed by atoms with Crippen molar-refractivity contribution in [1.29, 1.82) is 0 Å². The molecule has 11 heteroatoms. The fourth-order valence-corrected chi connectivity index (χ4v) is 5.80. The zero-order chi connectivity index (χ0) is 27.1. The molecule has 1 atom stereocenters. The van der Waals surface area contributed by atoms with Gasteiger partial charge in [0.1, 0.15) is 40.3 Å². The Morgan fingerprint density at radius 1 is 1.24 bits per heavy atom. The summed E-state index contributed by atoms with van der Waals surface area (Å²) in [6, 6.07) is 3.97. The third-order valence-electron chi connectivity index (χ3n) is 7.66. The van der Waals surface area contributed by atoms with E-state index in [9.17, 15) is 19.1 Å². The molecule has 0 unspecified atom stereocenters. The Bertz CT molecular complexity index is 1260. The second kappa shape index (κ2) is 10.4. The summed E-state index contributed by atoms with van der Waals surface area (Å²) < 4.78 is 21.2. The first-order valence-electron chi connectivity index (χ1n) is 12.7. The first kappa shape index (κ1) is 26.2. The van der Waals surface area contributed by atoms with E-state index in [4.69, 9.17) is 21.3 Å². The third kappa shape index (κ3) is 4.56. The number of phenols is 1. The monoisotopic (exact) mass is 543 g/mol. The number of aromatic nitrogens is 1. The Hall–Kier alpha value is -3.37. The van der Waals surface area contributed by atoms with E-state index in [0.29, 0.717) is 44.6 Å². The van der Waals surface area contributed by atoms with E-state index >= 15 is 0 Å². The van der Waals surface area contributed by atoms with Gasteiger partial charge in [-0.3, -0.25) is 9.59 Å². The van der Waals surface area contributed by atoms with Crippen LogP contribution >= 0.6 is 11.6 Å². The summed E-state index contributed by atoms with van der Waals surface area (Å²) >= 11 is 6.78. The second-order valence-electron chi connectivity index (χ2n) is 10.1. The van der Waals surface area contributed by atoms with Crippen LogP contribution in [0.4, 0.5) is 10.2 Å². The smallest absolute Gasteiger partial charge is 0.261 e. The Labute approximate surface area is 226 Å². The van der Waals surface area contributed by atoms with Crippen LogP contribution in [0.25, 0.3) is 11.3 Å². The van der Waals surface area contributed by atoms with Crippen LogP contribution in [0.15, 0.2) is 30.9 Å². The number of carbonyl (C=O) groups is 2. The number of piperazine rings is 1. The Balaban J connectivity index is 1.62. The summed E-state index contributed by atoms with van der Waals surface area (Å²) in [7, 11) is 4.08. The van der Waals surface area contributed by atoms with Crippen LogP contribution < -0.4 is 9.64 Å². The molecule has 38 heavy (non-hydrogen) atoms. The molecule has 3 aliphatic heterocycles. The van der Waals surface area contributed by atoms with Gasteiger partial charge in [0.15, 0.2) is 5.75 Å². The molecule has 9 nitrogen and oxygen atoms in total. The van der Waals surface area contributed by atoms with Crippen molar-refractivity contribution in [2.24, 2.45) is 0 Å². The zero-order valence-electron chi connectivity index (χ0n) is 21.5. The highest BCUT2D eigenvalue weighted by molar-refractivity contribution is 6.35. The first-order chi connectivity index (χ1) is 18.2. The van der Waals surface area contributed by atoms with Gasteiger partial charge in [0.2, 0.25) is 5.91 Å². The molecule has 2 aromatic rings. The average molecular weight is 544 g/mol. The number of amides is 2. The predicted molar refractivity (Wildman–Crippen MR) is 142 cm³/mol. The number of fused-ring (bicyclic) bond motifs is 2. The van der Waals surface area contributed by atoms with Crippen LogP contribution in [0, 0.1) is 5.82 Å². The fraction of sp³-hybridized carbons (Fsp3) is 0.444. The van der Waals surface area contributed by atoms with Gasteiger partial charge in [-0.25, -0.2) is 9.37 Å². The van der Waals surface area contributed by atoms with Gasteiger partial charge in [0.05, 0.1) is 11.6 Å². The number of hydrogen-bond acceptors (Lipinski definition) is 7. The molecule has 2 amide bonds. The minimum Gasteiger partial charge on any atom is -0.507 e. The molecule has 2 saturated heterocycles. The molecule has 202 valence electrons. The molecule has 0 bridgehead atoms. The van der Waals surface area contributed by atoms with Crippen molar-refractivity contribution in [2.45, 2.75) is 24.9 Å². The summed E-state index contributed by atoms with van der Waals surface area (Å²) in [5.41, 5.74) is 0.0938. The number of piperidine rings is 1. The molecule has 1 N–H and O–H groups in total. The summed E-state index contributed by atoms with van der Waals surface area (Å²) in [5.74, 6) is -1.03. The fourth-order valence-electron chi connectivity index (χ4n) is 5.51. The molecule has 0 radical (unpaired) electrons. The minimum absolute atomic E-state index is 0.0156. The molecule has 0 aliphatic carbocycles. The lowest BCUT2D eigenvalue weighted by molar-refractivity contribution is -0.128. The SMILES string of the molecule is C=CC(=O)N1CCN2C(=O)c3c(N4CCC(N(C)C)CC4)nc(-c4c(O)cccc4F)c(Cl)c3OC[C@H]2C1. The van der Waals surface area contributed by atoms with Gasteiger partial charge in [-0.1, -0.05) is 24.2 Å². The maximum atomic E-state index is 15.0. The van der Waals surface area contributed by atoms with E-state index < -0.39 is 11.9 Å². The van der Waals surface area contributed by atoms with Crippen molar-refractivity contribution in [3.05, 3.63) is 47.3 Å². The number of rotatable bonds is 4. The highest BCUT2D eigenvalue weighted by Crippen LogP contribution is 2.46. The molecule has 3 aliphatic rings. The Morgan fingerprint density at radius 2 is 1.97 bits per heavy atom. The quantitative estimate of drug-likeness (QED) is 0.593. The summed E-state index contributed by atoms with van der Waals surface area (Å²) in [6.45, 7) is 5.89. The molecule has 1 aromatic heterocycles. The van der Waals surface area contributed by atoms with Crippen LogP contribution in [-0.4, -0.2) is 102 Å². The molecule has 2 fully saturated rings. The number of nitrogens with zero attached hydrogens (tertiary/aromatic N) is 5. The van der Waals surface area contributed by atoms with Crippen molar-refractivity contribution in [3.63, 3.8) is 0 Å². The lowest BCUT2D eigenvalue weighted by atomic mass is 10.0. The lowest BCUT2D eigenvalue weighted by Gasteiger charge is -2.40. The molecule has 4 heterocycles. The zero-order valence-corrected chi connectivity index (χ0v) is 22.2. The number of carbonyl (C=O) groups excluding carboxylic acids is 2. The van der Waals surface area contributed by atoms with Gasteiger partial charge < -0.3 is 29.4 Å². The van der Waals surface area contributed by atoms with E-state index in [0.717, 1.165) is 12.8 Å². The van der Waals surface area contributed by atoms with Crippen molar-refractivity contribution < 1.29 is 23.8 Å². The van der Waals surface area contributed by atoms with Crippen molar-refractivity contribution >= 4 is 29.2 Å². The molecule has 0 spiro atoms. The van der Waals surface area contributed by atoms with Crippen molar-refractivity contribution in [1.82, 2.24) is 19.7 Å². The number of halogens is 2. The van der Waals surface area contributed by atoms with Crippen LogP contribution in [-0.2, 0) is 4.79 Å². The summed E-state index contributed by atoms with van der Waals surface area (Å²) in [4.78, 5) is 38.6. The minimum atomic E-state index is -0.687. The highest BCUT2D eigenvalue weighted by atomic mass is 35.5. The molecule has 5 rings (SSSR count). The Morgan fingerprint density at radius 3 is 2.63 bits per heavy atom. The topological polar surface area (TPSA) is 89.5 Å². The number of phenolic OH excluding ortho intramolecular Hbond substituents is 1. The average Bonchev–Trinajstić information content (AvgIpc) is 3.06. The molecular formula is C27H31ClFN5O4. The van der Waals surface area contributed by atoms with E-state index in [-0.39, 0.29) is 51.8 Å². The first-order valence-corrected chi connectivity index (χ1v) is 13.1. The van der Waals surface area contributed by atoms with Gasteiger partial charge in [0, 0.05) is 38.8 Å². The maximum Gasteiger partial charge on any atom is 0.261 e. The van der Waals surface area contributed by atoms with Crippen LogP contribution in [0.2, 0.25) is 5.02 Å². The van der Waals surface area contributed by atoms with Gasteiger partial charge in [-0.2, -0.15) is 0 Å². The van der Waals surface area contributed by atoms with E-state index in [1.165, 1.54) is 24.3 Å². The lowest BCUT2D eigenvalue weighted by Crippen LogP contribution is -2.57. The normalized spacial score (nSPS) is 20.1. The number of pyridine rings is 1. The number of benzene rings is 1. The number of aromatic hydroxyl groups is 1. The predicted octanol–water partition coefficient (Wildman–Crippen LogP) is 3.01. The van der Waals surface area contributed by atoms with Crippen LogP contribution in [0.5, 0.6) is 11.5 Å². The summed E-state index contributed by atoms with van der Waals surface area (Å²) in [6.07, 6.45) is 2.96. The Kier molecular flexibility index (Phi) is 7.19. The second-order valence-corrected chi connectivity index (χ2v) is 10.4. The van der Waals surface area contributed by atoms with E-state index in [1.54, 1.807) is 9.80 Å². The standard InChI is InChI=1S/C27H31ClFN5O4/c1-4-20(36)33-12-13-34-17(14-33)15-38-25-22(27(34)37)26(32-10-8-16(9-11-32)31(2)3)30-24(23(25)28)21-18(29)6-5-7-19(21)35/h4-7,16-17,35H,1,8-15H2,2-3H3/t17-/m1/s1. The molecular weight excluding hydrogens is 513 g/mol. The van der Waals surface area contributed by atoms with Crippen LogP contribution in [0.3, 0.4) is 0 Å². The maximum absolute atomic E-state index is 15.0. The molecule has 0 saturated carbocycles. The van der Waals surface area contributed by atoms with Gasteiger partial charge in [0.25, 0.3) is 5.91 Å². The third-order valence-corrected chi connectivity index (χ3v) is 8.01.